The Labute approximate surface area is 171 Å². The predicted molar refractivity (Wildman–Crippen MR) is 115 cm³/mol. The first-order chi connectivity index (χ1) is 13.6. The number of amides is 1. The molecule has 0 fully saturated rings. The molecule has 146 valence electrons. The highest BCUT2D eigenvalue weighted by Gasteiger charge is 2.17. The summed E-state index contributed by atoms with van der Waals surface area (Å²) >= 11 is 6.92. The summed E-state index contributed by atoms with van der Waals surface area (Å²) in [6.07, 6.45) is 6.17. The van der Waals surface area contributed by atoms with Crippen LogP contribution in [0.4, 0.5) is 5.13 Å². The average molecular weight is 415 g/mol. The van der Waals surface area contributed by atoms with E-state index in [9.17, 15) is 9.59 Å². The van der Waals surface area contributed by atoms with E-state index in [1.165, 1.54) is 11.3 Å². The van der Waals surface area contributed by atoms with Gasteiger partial charge < -0.3 is 10.3 Å². The minimum atomic E-state index is -0.0612. The summed E-state index contributed by atoms with van der Waals surface area (Å²) in [4.78, 5) is 33.6. The zero-order valence-corrected chi connectivity index (χ0v) is 17.1. The smallest absolute Gasteiger partial charge is 0.262 e. The number of benzene rings is 1. The minimum absolute atomic E-state index is 0.00703. The molecule has 0 aliphatic heterocycles. The molecule has 1 amide bonds. The van der Waals surface area contributed by atoms with Crippen LogP contribution in [-0.2, 0) is 24.2 Å². The van der Waals surface area contributed by atoms with Crippen LogP contribution < -0.4 is 10.9 Å². The summed E-state index contributed by atoms with van der Waals surface area (Å²) < 4.78 is 2.05. The Morgan fingerprint density at radius 1 is 1.25 bits per heavy atom. The maximum Gasteiger partial charge on any atom is 0.262 e. The van der Waals surface area contributed by atoms with E-state index in [0.717, 1.165) is 48.4 Å². The van der Waals surface area contributed by atoms with E-state index < -0.39 is 0 Å². The Morgan fingerprint density at radius 3 is 2.96 bits per heavy atom. The van der Waals surface area contributed by atoms with Crippen molar-refractivity contribution in [2.24, 2.45) is 0 Å². The second kappa shape index (κ2) is 8.36. The Balaban J connectivity index is 1.25. The number of anilines is 1. The number of carbonyl (C=O) groups excluding carboxylic acids is 1. The van der Waals surface area contributed by atoms with Crippen molar-refractivity contribution < 1.29 is 4.79 Å². The third kappa shape index (κ3) is 4.07. The molecule has 2 aromatic heterocycles. The number of H-pyrrole nitrogens is 1. The van der Waals surface area contributed by atoms with E-state index in [4.69, 9.17) is 12.2 Å². The number of aromatic nitrogens is 3. The van der Waals surface area contributed by atoms with Crippen molar-refractivity contribution in [3.8, 4) is 0 Å². The number of thiazole rings is 1. The SMILES string of the molecule is O=C(CCCCCn1c(=S)[nH]c2ccccc2c1=O)Nc1nc2c(s1)CCC2. The summed E-state index contributed by atoms with van der Waals surface area (Å²) in [5.41, 5.74) is 1.85. The summed E-state index contributed by atoms with van der Waals surface area (Å²) in [6, 6.07) is 7.38. The van der Waals surface area contributed by atoms with E-state index in [0.29, 0.717) is 23.1 Å². The van der Waals surface area contributed by atoms with Gasteiger partial charge in [-0.2, -0.15) is 0 Å². The topological polar surface area (TPSA) is 79.8 Å². The van der Waals surface area contributed by atoms with Crippen molar-refractivity contribution in [1.29, 1.82) is 0 Å². The lowest BCUT2D eigenvalue weighted by Gasteiger charge is -2.08. The molecule has 0 bridgehead atoms. The highest BCUT2D eigenvalue weighted by molar-refractivity contribution is 7.71. The molecule has 2 N–H and O–H groups in total. The molecule has 4 rings (SSSR count). The number of rotatable bonds is 7. The number of hydrogen-bond donors (Lipinski definition) is 2. The highest BCUT2D eigenvalue weighted by Crippen LogP contribution is 2.30. The monoisotopic (exact) mass is 414 g/mol. The van der Waals surface area contributed by atoms with Gasteiger partial charge in [0.25, 0.3) is 5.56 Å². The van der Waals surface area contributed by atoms with E-state index in [2.05, 4.69) is 15.3 Å². The number of nitrogens with zero attached hydrogens (tertiary/aromatic N) is 2. The van der Waals surface area contributed by atoms with Crippen molar-refractivity contribution in [3.63, 3.8) is 0 Å². The van der Waals surface area contributed by atoms with Crippen molar-refractivity contribution in [2.75, 3.05) is 5.32 Å². The van der Waals surface area contributed by atoms with Crippen LogP contribution >= 0.6 is 23.6 Å². The van der Waals surface area contributed by atoms with Crippen LogP contribution in [0, 0.1) is 4.77 Å². The van der Waals surface area contributed by atoms with Crippen molar-refractivity contribution in [2.45, 2.75) is 51.5 Å². The lowest BCUT2D eigenvalue weighted by molar-refractivity contribution is -0.116. The molecule has 0 atom stereocenters. The van der Waals surface area contributed by atoms with Gasteiger partial charge in [-0.15, -0.1) is 11.3 Å². The van der Waals surface area contributed by atoms with Crippen LogP contribution in [0.5, 0.6) is 0 Å². The van der Waals surface area contributed by atoms with Crippen LogP contribution in [-0.4, -0.2) is 20.4 Å². The first kappa shape index (κ1) is 19.0. The normalized spacial score (nSPS) is 13.0. The molecular formula is C20H22N4O2S2. The highest BCUT2D eigenvalue weighted by atomic mass is 32.1. The Kier molecular flexibility index (Phi) is 5.68. The number of carbonyl (C=O) groups is 1. The van der Waals surface area contributed by atoms with Crippen LogP contribution in [0.15, 0.2) is 29.1 Å². The quantitative estimate of drug-likeness (QED) is 0.448. The number of aromatic amines is 1. The Hall–Kier alpha value is -2.32. The van der Waals surface area contributed by atoms with Gasteiger partial charge in [-0.25, -0.2) is 4.98 Å². The molecule has 0 spiro atoms. The molecule has 3 aromatic rings. The van der Waals surface area contributed by atoms with Crippen LogP contribution in [0.1, 0.15) is 42.7 Å². The minimum Gasteiger partial charge on any atom is -0.332 e. The molecule has 1 aromatic carbocycles. The van der Waals surface area contributed by atoms with Crippen molar-refractivity contribution in [1.82, 2.24) is 14.5 Å². The van der Waals surface area contributed by atoms with Gasteiger partial charge in [0, 0.05) is 17.8 Å². The predicted octanol–water partition coefficient (Wildman–Crippen LogP) is 4.20. The zero-order valence-electron chi connectivity index (χ0n) is 15.5. The van der Waals surface area contributed by atoms with Gasteiger partial charge in [-0.3, -0.25) is 14.2 Å². The number of nitrogens with one attached hydrogen (secondary N) is 2. The van der Waals surface area contributed by atoms with E-state index in [-0.39, 0.29) is 11.5 Å². The van der Waals surface area contributed by atoms with Crippen LogP contribution in [0.2, 0.25) is 0 Å². The Morgan fingerprint density at radius 2 is 2.11 bits per heavy atom. The van der Waals surface area contributed by atoms with Gasteiger partial charge in [0.1, 0.15) is 0 Å². The van der Waals surface area contributed by atoms with Gasteiger partial charge in [0.2, 0.25) is 5.91 Å². The van der Waals surface area contributed by atoms with Crippen molar-refractivity contribution >= 4 is 45.5 Å². The molecule has 0 radical (unpaired) electrons. The maximum absolute atomic E-state index is 12.6. The molecule has 6 nitrogen and oxygen atoms in total. The van der Waals surface area contributed by atoms with Crippen LogP contribution in [0.3, 0.4) is 0 Å². The van der Waals surface area contributed by atoms with Crippen LogP contribution in [0.25, 0.3) is 10.9 Å². The first-order valence-electron chi connectivity index (χ1n) is 9.62. The molecular weight excluding hydrogens is 392 g/mol. The van der Waals surface area contributed by atoms with Gasteiger partial charge in [-0.1, -0.05) is 18.6 Å². The standard InChI is InChI=1S/C20H22N4O2S2/c25-17(23-19-21-15-9-6-10-16(15)28-19)11-2-1-5-12-24-18(26)13-7-3-4-8-14(13)22-20(24)27/h3-4,7-8H,1-2,5-6,9-12H2,(H,22,27)(H,21,23,25). The number of hydrogen-bond acceptors (Lipinski definition) is 5. The fraction of sp³-hybridized carbons (Fsp3) is 0.400. The number of para-hydroxylation sites is 1. The maximum atomic E-state index is 12.6. The molecule has 0 unspecified atom stereocenters. The van der Waals surface area contributed by atoms with E-state index >= 15 is 0 Å². The molecule has 0 saturated heterocycles. The number of unbranched alkanes of at least 4 members (excludes halogenated alkanes) is 2. The summed E-state index contributed by atoms with van der Waals surface area (Å²) in [6.45, 7) is 0.555. The average Bonchev–Trinajstić information content (AvgIpc) is 3.25. The summed E-state index contributed by atoms with van der Waals surface area (Å²) in [5.74, 6) is 0.00703. The lowest BCUT2D eigenvalue weighted by Crippen LogP contribution is -2.22. The third-order valence-electron chi connectivity index (χ3n) is 5.02. The molecule has 28 heavy (non-hydrogen) atoms. The third-order valence-corrected chi connectivity index (χ3v) is 6.41. The van der Waals surface area contributed by atoms with Crippen molar-refractivity contribution in [3.05, 3.63) is 50.0 Å². The Bertz CT molecular complexity index is 1110. The van der Waals surface area contributed by atoms with Gasteiger partial charge in [0.05, 0.1) is 16.6 Å². The zero-order chi connectivity index (χ0) is 19.5. The molecule has 1 aliphatic carbocycles. The fourth-order valence-corrected chi connectivity index (χ4v) is 4.91. The second-order valence-electron chi connectivity index (χ2n) is 7.03. The first-order valence-corrected chi connectivity index (χ1v) is 10.8. The number of aryl methyl sites for hydroxylation is 2. The molecule has 2 heterocycles. The second-order valence-corrected chi connectivity index (χ2v) is 8.50. The van der Waals surface area contributed by atoms with Gasteiger partial charge in [0.15, 0.2) is 9.90 Å². The largest absolute Gasteiger partial charge is 0.332 e. The van der Waals surface area contributed by atoms with Gasteiger partial charge in [-0.05, 0) is 56.5 Å². The summed E-state index contributed by atoms with van der Waals surface area (Å²) in [7, 11) is 0. The fourth-order valence-electron chi connectivity index (χ4n) is 3.56. The summed E-state index contributed by atoms with van der Waals surface area (Å²) in [5, 5.41) is 4.28. The van der Waals surface area contributed by atoms with E-state index in [1.807, 2.05) is 18.2 Å². The van der Waals surface area contributed by atoms with Gasteiger partial charge >= 0.3 is 0 Å². The molecule has 1 aliphatic rings. The van der Waals surface area contributed by atoms with E-state index in [1.54, 1.807) is 22.0 Å². The molecule has 0 saturated carbocycles. The number of fused-ring (bicyclic) bond motifs is 2. The molecule has 8 heteroatoms. The lowest BCUT2D eigenvalue weighted by atomic mass is 10.2.